The van der Waals surface area contributed by atoms with E-state index >= 15 is 0 Å². The molecular weight excluding hydrogens is 470 g/mol. The monoisotopic (exact) mass is 531 g/mol. The maximum absolute atomic E-state index is 12.4. The van der Waals surface area contributed by atoms with E-state index in [0.717, 1.165) is 94.5 Å². The lowest BCUT2D eigenvalue weighted by molar-refractivity contribution is -0.134. The highest BCUT2D eigenvalue weighted by Gasteiger charge is 2.59. The van der Waals surface area contributed by atoms with Crippen molar-refractivity contribution in [3.63, 3.8) is 0 Å². The van der Waals surface area contributed by atoms with Crippen molar-refractivity contribution in [2.45, 2.75) is 130 Å². The van der Waals surface area contributed by atoms with E-state index in [1.165, 1.54) is 64.2 Å². The Bertz CT molecular complexity index is 731. The Morgan fingerprint density at radius 3 is 2.50 bits per heavy atom. The number of hydrogen-bond donors (Lipinski definition) is 3. The van der Waals surface area contributed by atoms with Crippen LogP contribution in [-0.4, -0.2) is 44.8 Å². The van der Waals surface area contributed by atoms with Crippen molar-refractivity contribution in [1.29, 1.82) is 0 Å². The highest BCUT2D eigenvalue weighted by molar-refractivity contribution is 5.75. The molecule has 4 rings (SSSR count). The lowest BCUT2D eigenvalue weighted by atomic mass is 9.44. The number of carbonyl (C=O) groups is 1. The number of fused-ring (bicyclic) bond motifs is 5. The molecule has 0 aromatic carbocycles. The number of nitrogens with two attached hydrogens (primary N) is 1. The summed E-state index contributed by atoms with van der Waals surface area (Å²) >= 11 is 0. The first-order valence-corrected chi connectivity index (χ1v) is 16.7. The third kappa shape index (κ3) is 6.97. The highest BCUT2D eigenvalue weighted by atomic mass is 16.5. The van der Waals surface area contributed by atoms with Gasteiger partial charge in [0.2, 0.25) is 5.91 Å². The van der Waals surface area contributed by atoms with Crippen LogP contribution in [0.15, 0.2) is 0 Å². The molecule has 0 spiro atoms. The average Bonchev–Trinajstić information content (AvgIpc) is 3.25. The molecule has 38 heavy (non-hydrogen) atoms. The van der Waals surface area contributed by atoms with Gasteiger partial charge >= 0.3 is 0 Å². The standard InChI is InChI=1S/C33H61N3O2/c1-4-23-38-27-15-17-33(3)26(24-27)11-13-28-29-14-12-25(32(29,2)18-16-30(28)33)9-7-10-31(37)36-22-8-21-35-20-6-5-19-34/h25-30,35H,4-24,34H2,1-3H3,(H,36,37)/t25?,26?,27-,28?,29?,30?,32?,33?/m1/s1. The maximum Gasteiger partial charge on any atom is 0.219 e. The Balaban J connectivity index is 1.19. The fraction of sp³-hybridized carbons (Fsp3) is 0.970. The molecule has 0 heterocycles. The van der Waals surface area contributed by atoms with Gasteiger partial charge in [-0.05, 0) is 156 Å². The van der Waals surface area contributed by atoms with Crippen molar-refractivity contribution in [3.05, 3.63) is 0 Å². The van der Waals surface area contributed by atoms with Crippen LogP contribution in [0, 0.1) is 40.4 Å². The first kappa shape index (κ1) is 30.3. The molecule has 0 aliphatic heterocycles. The number of ether oxygens (including phenoxy) is 1. The molecule has 4 N–H and O–H groups in total. The van der Waals surface area contributed by atoms with Gasteiger partial charge < -0.3 is 21.1 Å². The van der Waals surface area contributed by atoms with Gasteiger partial charge in [0.15, 0.2) is 0 Å². The van der Waals surface area contributed by atoms with Gasteiger partial charge in [0, 0.05) is 19.6 Å². The van der Waals surface area contributed by atoms with Crippen LogP contribution in [0.25, 0.3) is 0 Å². The van der Waals surface area contributed by atoms with Crippen molar-refractivity contribution in [2.24, 2.45) is 46.2 Å². The molecule has 0 aromatic rings. The van der Waals surface area contributed by atoms with Crippen LogP contribution in [0.5, 0.6) is 0 Å². The summed E-state index contributed by atoms with van der Waals surface area (Å²) in [5.41, 5.74) is 6.59. The smallest absolute Gasteiger partial charge is 0.219 e. The number of nitrogens with one attached hydrogen (secondary N) is 2. The van der Waals surface area contributed by atoms with Crippen LogP contribution < -0.4 is 16.4 Å². The highest BCUT2D eigenvalue weighted by Crippen LogP contribution is 2.68. The van der Waals surface area contributed by atoms with E-state index < -0.39 is 0 Å². The summed E-state index contributed by atoms with van der Waals surface area (Å²) in [7, 11) is 0. The second-order valence-corrected chi connectivity index (χ2v) is 14.1. The Morgan fingerprint density at radius 2 is 1.68 bits per heavy atom. The number of hydrogen-bond acceptors (Lipinski definition) is 4. The molecule has 1 amide bonds. The summed E-state index contributed by atoms with van der Waals surface area (Å²) in [6.07, 6.45) is 20.5. The summed E-state index contributed by atoms with van der Waals surface area (Å²) in [6.45, 7) is 12.1. The van der Waals surface area contributed by atoms with Gasteiger partial charge in [0.1, 0.15) is 0 Å². The quantitative estimate of drug-likeness (QED) is 0.212. The minimum atomic E-state index is 0.251. The summed E-state index contributed by atoms with van der Waals surface area (Å²) in [6, 6.07) is 0. The zero-order valence-electron chi connectivity index (χ0n) is 25.2. The van der Waals surface area contributed by atoms with E-state index in [0.29, 0.717) is 23.4 Å². The second kappa shape index (κ2) is 14.3. The van der Waals surface area contributed by atoms with Gasteiger partial charge in [-0.3, -0.25) is 4.79 Å². The molecule has 220 valence electrons. The van der Waals surface area contributed by atoms with Crippen molar-refractivity contribution in [1.82, 2.24) is 10.6 Å². The van der Waals surface area contributed by atoms with Crippen molar-refractivity contribution < 1.29 is 9.53 Å². The van der Waals surface area contributed by atoms with Crippen LogP contribution in [0.2, 0.25) is 0 Å². The molecule has 0 bridgehead atoms. The lowest BCUT2D eigenvalue weighted by Gasteiger charge is -2.61. The molecule has 4 fully saturated rings. The van der Waals surface area contributed by atoms with Crippen LogP contribution in [0.1, 0.15) is 124 Å². The SMILES string of the molecule is CCCO[C@@H]1CCC2(C)C(CCC3C4CCC(CCCC(=O)NCCCNCCCCN)C4(C)CCC32)C1. The summed E-state index contributed by atoms with van der Waals surface area (Å²) < 4.78 is 6.23. The number of unbranched alkanes of at least 4 members (excludes halogenated alkanes) is 1. The Kier molecular flexibility index (Phi) is 11.4. The lowest BCUT2D eigenvalue weighted by Crippen LogP contribution is -2.54. The van der Waals surface area contributed by atoms with Crippen molar-refractivity contribution in [2.75, 3.05) is 32.8 Å². The molecule has 0 saturated heterocycles. The molecule has 0 radical (unpaired) electrons. The first-order valence-electron chi connectivity index (χ1n) is 16.7. The summed E-state index contributed by atoms with van der Waals surface area (Å²) in [5, 5.41) is 6.59. The molecular formula is C33H61N3O2. The Morgan fingerprint density at radius 1 is 0.895 bits per heavy atom. The molecule has 5 nitrogen and oxygen atoms in total. The van der Waals surface area contributed by atoms with E-state index in [-0.39, 0.29) is 5.91 Å². The number of carbonyl (C=O) groups excluding carboxylic acids is 1. The van der Waals surface area contributed by atoms with E-state index in [1.807, 2.05) is 0 Å². The van der Waals surface area contributed by atoms with Crippen LogP contribution >= 0.6 is 0 Å². The maximum atomic E-state index is 12.4. The van der Waals surface area contributed by atoms with Gasteiger partial charge in [-0.15, -0.1) is 0 Å². The topological polar surface area (TPSA) is 76.4 Å². The van der Waals surface area contributed by atoms with E-state index in [1.54, 1.807) is 0 Å². The van der Waals surface area contributed by atoms with Crippen molar-refractivity contribution >= 4 is 5.91 Å². The van der Waals surface area contributed by atoms with Crippen LogP contribution in [0.3, 0.4) is 0 Å². The minimum Gasteiger partial charge on any atom is -0.378 e. The Labute approximate surface area is 234 Å². The normalized spacial score (nSPS) is 38.3. The largest absolute Gasteiger partial charge is 0.378 e. The minimum absolute atomic E-state index is 0.251. The first-order chi connectivity index (χ1) is 18.4. The van der Waals surface area contributed by atoms with Gasteiger partial charge in [-0.2, -0.15) is 0 Å². The van der Waals surface area contributed by atoms with Crippen molar-refractivity contribution in [3.8, 4) is 0 Å². The van der Waals surface area contributed by atoms with Crippen LogP contribution in [0.4, 0.5) is 0 Å². The van der Waals surface area contributed by atoms with E-state index in [2.05, 4.69) is 31.4 Å². The fourth-order valence-corrected chi connectivity index (χ4v) is 9.80. The summed E-state index contributed by atoms with van der Waals surface area (Å²) in [4.78, 5) is 12.4. The number of amides is 1. The number of rotatable bonds is 15. The van der Waals surface area contributed by atoms with Gasteiger partial charge in [-0.25, -0.2) is 0 Å². The molecule has 5 heteroatoms. The Hall–Kier alpha value is -0.650. The predicted octanol–water partition coefficient (Wildman–Crippen LogP) is 6.45. The molecule has 4 aliphatic rings. The van der Waals surface area contributed by atoms with E-state index in [9.17, 15) is 4.79 Å². The predicted molar refractivity (Wildman–Crippen MR) is 158 cm³/mol. The third-order valence-corrected chi connectivity index (χ3v) is 12.0. The zero-order chi connectivity index (χ0) is 27.0. The molecule has 8 atom stereocenters. The van der Waals surface area contributed by atoms with E-state index in [4.69, 9.17) is 10.5 Å². The summed E-state index contributed by atoms with van der Waals surface area (Å²) in [5.74, 6) is 4.76. The molecule has 4 aliphatic carbocycles. The second-order valence-electron chi connectivity index (χ2n) is 14.1. The van der Waals surface area contributed by atoms with Gasteiger partial charge in [0.25, 0.3) is 0 Å². The van der Waals surface area contributed by atoms with Gasteiger partial charge in [0.05, 0.1) is 6.10 Å². The molecule has 7 unspecified atom stereocenters. The van der Waals surface area contributed by atoms with Crippen LogP contribution in [-0.2, 0) is 9.53 Å². The fourth-order valence-electron chi connectivity index (χ4n) is 9.80. The zero-order valence-corrected chi connectivity index (χ0v) is 25.2. The van der Waals surface area contributed by atoms with Gasteiger partial charge in [-0.1, -0.05) is 20.8 Å². The third-order valence-electron chi connectivity index (χ3n) is 12.0. The molecule has 0 aromatic heterocycles. The molecule has 4 saturated carbocycles. The average molecular weight is 532 g/mol.